The fourth-order valence-corrected chi connectivity index (χ4v) is 2.17. The zero-order chi connectivity index (χ0) is 13.3. The van der Waals surface area contributed by atoms with E-state index >= 15 is 0 Å². The van der Waals surface area contributed by atoms with E-state index in [-0.39, 0.29) is 5.02 Å². The lowest BCUT2D eigenvalue weighted by atomic mass is 10.3. The van der Waals surface area contributed by atoms with Crippen LogP contribution in [0.5, 0.6) is 11.5 Å². The molecule has 0 unspecified atom stereocenters. The summed E-state index contributed by atoms with van der Waals surface area (Å²) in [5.41, 5.74) is 0. The highest BCUT2D eigenvalue weighted by atomic mass is 35.5. The van der Waals surface area contributed by atoms with E-state index in [9.17, 15) is 0 Å². The molecule has 0 spiro atoms. The lowest BCUT2D eigenvalue weighted by Crippen LogP contribution is -1.86. The molecule has 0 saturated carbocycles. The van der Waals surface area contributed by atoms with Crippen LogP contribution in [0.3, 0.4) is 0 Å². The third-order valence-corrected chi connectivity index (χ3v) is 3.82. The third kappa shape index (κ3) is 3.17. The van der Waals surface area contributed by atoms with Gasteiger partial charge < -0.3 is 4.74 Å². The first-order chi connectivity index (χ1) is 8.47. The Bertz CT molecular complexity index is 574. The van der Waals surface area contributed by atoms with Crippen molar-refractivity contribution in [3.05, 3.63) is 55.4 Å². The molecule has 0 amide bonds. The van der Waals surface area contributed by atoms with Crippen LogP contribution >= 0.6 is 58.0 Å². The van der Waals surface area contributed by atoms with E-state index in [1.807, 2.05) is 0 Å². The van der Waals surface area contributed by atoms with Crippen molar-refractivity contribution in [1.29, 1.82) is 0 Å². The zero-order valence-corrected chi connectivity index (χ0v) is 12.5. The first kappa shape index (κ1) is 14.1. The summed E-state index contributed by atoms with van der Waals surface area (Å²) in [7, 11) is 0. The quantitative estimate of drug-likeness (QED) is 0.549. The van der Waals surface area contributed by atoms with E-state index in [0.29, 0.717) is 31.6 Å². The monoisotopic (exact) mass is 340 g/mol. The van der Waals surface area contributed by atoms with Gasteiger partial charge in [0.15, 0.2) is 0 Å². The Morgan fingerprint density at radius 2 is 1.33 bits per heavy atom. The molecule has 0 aliphatic carbocycles. The number of ether oxygens (including phenoxy) is 1. The van der Waals surface area contributed by atoms with Gasteiger partial charge in [0.1, 0.15) is 11.5 Å². The first-order valence-corrected chi connectivity index (χ1v) is 6.64. The molecule has 6 heteroatoms. The fraction of sp³-hybridized carbons (Fsp3) is 0. The molecule has 0 aliphatic heterocycles. The average Bonchev–Trinajstić information content (AvgIpc) is 2.31. The molecular weight excluding hydrogens is 337 g/mol. The van der Waals surface area contributed by atoms with Gasteiger partial charge in [0.05, 0.1) is 20.1 Å². The molecule has 94 valence electrons. The van der Waals surface area contributed by atoms with E-state index < -0.39 is 0 Å². The van der Waals surface area contributed by atoms with Gasteiger partial charge in [-0.15, -0.1) is 0 Å². The smallest absolute Gasteiger partial charge is 0.147 e. The van der Waals surface area contributed by atoms with E-state index in [4.69, 9.17) is 62.7 Å². The maximum Gasteiger partial charge on any atom is 0.147 e. The van der Waals surface area contributed by atoms with Crippen LogP contribution in [0.4, 0.5) is 0 Å². The van der Waals surface area contributed by atoms with Crippen LogP contribution in [0.15, 0.2) is 30.3 Å². The maximum absolute atomic E-state index is 5.98. The molecule has 0 fully saturated rings. The molecule has 0 heterocycles. The van der Waals surface area contributed by atoms with Crippen LogP contribution in [0, 0.1) is 0 Å². The second-order valence-corrected chi connectivity index (χ2v) is 5.41. The van der Waals surface area contributed by atoms with Crippen LogP contribution in [0.25, 0.3) is 0 Å². The largest absolute Gasteiger partial charge is 0.456 e. The van der Waals surface area contributed by atoms with Crippen LogP contribution in [-0.2, 0) is 0 Å². The molecule has 0 saturated heterocycles. The normalized spacial score (nSPS) is 10.5. The minimum Gasteiger partial charge on any atom is -0.456 e. The highest BCUT2D eigenvalue weighted by Gasteiger charge is 2.09. The standard InChI is InChI=1S/C12H5Cl5O/c13-6-1-2-8(14)11(3-6)18-7-4-9(15)12(17)10(16)5-7/h1-5H. The highest BCUT2D eigenvalue weighted by molar-refractivity contribution is 6.48. The Morgan fingerprint density at radius 1 is 0.722 bits per heavy atom. The molecule has 2 rings (SSSR count). The molecular formula is C12H5Cl5O. The zero-order valence-electron chi connectivity index (χ0n) is 8.68. The van der Waals surface area contributed by atoms with Gasteiger partial charge >= 0.3 is 0 Å². The summed E-state index contributed by atoms with van der Waals surface area (Å²) in [6.07, 6.45) is 0. The van der Waals surface area contributed by atoms with Gasteiger partial charge in [0.25, 0.3) is 0 Å². The first-order valence-electron chi connectivity index (χ1n) is 4.75. The predicted molar refractivity (Wildman–Crippen MR) is 78.0 cm³/mol. The molecule has 1 nitrogen and oxygen atoms in total. The lowest BCUT2D eigenvalue weighted by molar-refractivity contribution is 0.483. The molecule has 0 atom stereocenters. The summed E-state index contributed by atoms with van der Waals surface area (Å²) in [6.45, 7) is 0. The molecule has 2 aromatic carbocycles. The van der Waals surface area contributed by atoms with Gasteiger partial charge in [0, 0.05) is 23.2 Å². The van der Waals surface area contributed by atoms with Crippen molar-refractivity contribution < 1.29 is 4.74 Å². The van der Waals surface area contributed by atoms with Crippen LogP contribution in [-0.4, -0.2) is 0 Å². The van der Waals surface area contributed by atoms with Crippen molar-refractivity contribution in [1.82, 2.24) is 0 Å². The second kappa shape index (κ2) is 5.77. The Kier molecular flexibility index (Phi) is 4.52. The lowest BCUT2D eigenvalue weighted by Gasteiger charge is -2.09. The summed E-state index contributed by atoms with van der Waals surface area (Å²) < 4.78 is 5.56. The topological polar surface area (TPSA) is 9.23 Å². The summed E-state index contributed by atoms with van der Waals surface area (Å²) in [5.74, 6) is 0.845. The number of hydrogen-bond acceptors (Lipinski definition) is 1. The van der Waals surface area contributed by atoms with E-state index in [1.54, 1.807) is 30.3 Å². The van der Waals surface area contributed by atoms with Crippen molar-refractivity contribution in [2.75, 3.05) is 0 Å². The van der Waals surface area contributed by atoms with E-state index in [0.717, 1.165) is 0 Å². The van der Waals surface area contributed by atoms with Crippen molar-refractivity contribution in [2.45, 2.75) is 0 Å². The van der Waals surface area contributed by atoms with Crippen LogP contribution < -0.4 is 4.74 Å². The van der Waals surface area contributed by atoms with Crippen LogP contribution in [0.2, 0.25) is 25.1 Å². The van der Waals surface area contributed by atoms with Gasteiger partial charge in [0.2, 0.25) is 0 Å². The van der Waals surface area contributed by atoms with Gasteiger partial charge in [-0.1, -0.05) is 58.0 Å². The van der Waals surface area contributed by atoms with Crippen LogP contribution in [0.1, 0.15) is 0 Å². The second-order valence-electron chi connectivity index (χ2n) is 3.38. The molecule has 18 heavy (non-hydrogen) atoms. The third-order valence-electron chi connectivity index (χ3n) is 2.08. The molecule has 0 radical (unpaired) electrons. The Balaban J connectivity index is 2.37. The Labute approximate surface area is 129 Å². The Hall–Kier alpha value is -0.310. The predicted octanol–water partition coefficient (Wildman–Crippen LogP) is 6.75. The number of hydrogen-bond donors (Lipinski definition) is 0. The average molecular weight is 342 g/mol. The summed E-state index contributed by atoms with van der Waals surface area (Å²) >= 11 is 29.5. The number of rotatable bonds is 2. The van der Waals surface area contributed by atoms with Crippen molar-refractivity contribution >= 4 is 58.0 Å². The highest BCUT2D eigenvalue weighted by Crippen LogP contribution is 2.38. The van der Waals surface area contributed by atoms with Gasteiger partial charge in [-0.3, -0.25) is 0 Å². The molecule has 2 aromatic rings. The minimum absolute atomic E-state index is 0.280. The molecule has 0 aromatic heterocycles. The van der Waals surface area contributed by atoms with Crippen molar-refractivity contribution in [2.24, 2.45) is 0 Å². The van der Waals surface area contributed by atoms with Gasteiger partial charge in [-0.2, -0.15) is 0 Å². The van der Waals surface area contributed by atoms with Crippen molar-refractivity contribution in [3.8, 4) is 11.5 Å². The SMILES string of the molecule is Clc1ccc(Cl)c(Oc2cc(Cl)c(Cl)c(Cl)c2)c1. The fourth-order valence-electron chi connectivity index (χ4n) is 1.27. The minimum atomic E-state index is 0.280. The van der Waals surface area contributed by atoms with E-state index in [1.165, 1.54) is 0 Å². The summed E-state index contributed by atoms with van der Waals surface area (Å²) in [4.78, 5) is 0. The maximum atomic E-state index is 5.98. The Morgan fingerprint density at radius 3 is 1.94 bits per heavy atom. The molecule has 0 aliphatic rings. The molecule has 0 bridgehead atoms. The van der Waals surface area contributed by atoms with Gasteiger partial charge in [-0.05, 0) is 12.1 Å². The van der Waals surface area contributed by atoms with Crippen molar-refractivity contribution in [3.63, 3.8) is 0 Å². The van der Waals surface area contributed by atoms with Gasteiger partial charge in [-0.25, -0.2) is 0 Å². The summed E-state index contributed by atoms with van der Waals surface area (Å²) in [5, 5.41) is 1.83. The summed E-state index contributed by atoms with van der Waals surface area (Å²) in [6, 6.07) is 8.00. The van der Waals surface area contributed by atoms with E-state index in [2.05, 4.69) is 0 Å². The number of benzene rings is 2. The number of halogens is 5. The molecule has 0 N–H and O–H groups in total.